The molecule has 0 fully saturated rings. The van der Waals surface area contributed by atoms with Gasteiger partial charge in [-0.1, -0.05) is 25.2 Å². The number of aromatic nitrogens is 3. The summed E-state index contributed by atoms with van der Waals surface area (Å²) < 4.78 is 0. The van der Waals surface area contributed by atoms with Gasteiger partial charge in [-0.25, -0.2) is 0 Å². The Kier molecular flexibility index (Phi) is 5.78. The molecule has 0 bridgehead atoms. The number of nitrogens with zero attached hydrogens (tertiary/aromatic N) is 4. The van der Waals surface area contributed by atoms with Crippen molar-refractivity contribution in [1.82, 2.24) is 20.5 Å². The first-order valence-electron chi connectivity index (χ1n) is 7.08. The molecule has 21 heavy (non-hydrogen) atoms. The third-order valence-electron chi connectivity index (χ3n) is 2.88. The van der Waals surface area contributed by atoms with Gasteiger partial charge in [0.15, 0.2) is 5.01 Å². The van der Waals surface area contributed by atoms with E-state index < -0.39 is 0 Å². The summed E-state index contributed by atoms with van der Waals surface area (Å²) in [6.45, 7) is 6.46. The first-order chi connectivity index (χ1) is 10.2. The first kappa shape index (κ1) is 15.5. The molecular formula is C15H19N5S. The zero-order valence-electron chi connectivity index (χ0n) is 12.3. The van der Waals surface area contributed by atoms with E-state index in [2.05, 4.69) is 40.4 Å². The molecule has 2 rings (SSSR count). The predicted molar refractivity (Wildman–Crippen MR) is 83.9 cm³/mol. The lowest BCUT2D eigenvalue weighted by molar-refractivity contribution is 0.542. The van der Waals surface area contributed by atoms with Gasteiger partial charge in [-0.2, -0.15) is 5.26 Å². The van der Waals surface area contributed by atoms with Crippen LogP contribution in [0.4, 0.5) is 0 Å². The molecule has 0 saturated carbocycles. The summed E-state index contributed by atoms with van der Waals surface area (Å²) in [5.74, 6) is 0.681. The highest BCUT2D eigenvalue weighted by Gasteiger charge is 2.07. The lowest BCUT2D eigenvalue weighted by Crippen LogP contribution is -2.21. The van der Waals surface area contributed by atoms with Crippen LogP contribution in [-0.4, -0.2) is 28.3 Å². The van der Waals surface area contributed by atoms with Crippen LogP contribution in [0.1, 0.15) is 30.8 Å². The van der Waals surface area contributed by atoms with E-state index in [0.717, 1.165) is 41.6 Å². The maximum atomic E-state index is 8.76. The van der Waals surface area contributed by atoms with Gasteiger partial charge in [-0.05, 0) is 37.6 Å². The Morgan fingerprint density at radius 1 is 1.33 bits per heavy atom. The van der Waals surface area contributed by atoms with Crippen LogP contribution in [-0.2, 0) is 6.42 Å². The number of nitrogens with one attached hydrogen (secondary N) is 1. The van der Waals surface area contributed by atoms with E-state index in [0.29, 0.717) is 11.5 Å². The normalized spacial score (nSPS) is 10.8. The number of hydrogen-bond acceptors (Lipinski definition) is 6. The van der Waals surface area contributed by atoms with E-state index in [1.165, 1.54) is 0 Å². The van der Waals surface area contributed by atoms with Crippen molar-refractivity contribution in [2.45, 2.75) is 26.7 Å². The highest BCUT2D eigenvalue weighted by molar-refractivity contribution is 7.14. The average Bonchev–Trinajstić information content (AvgIpc) is 2.95. The molecule has 0 radical (unpaired) electrons. The van der Waals surface area contributed by atoms with Gasteiger partial charge in [-0.3, -0.25) is 4.98 Å². The molecular weight excluding hydrogens is 282 g/mol. The van der Waals surface area contributed by atoms with Crippen molar-refractivity contribution >= 4 is 11.3 Å². The van der Waals surface area contributed by atoms with E-state index in [9.17, 15) is 0 Å². The molecule has 0 aliphatic heterocycles. The fourth-order valence-corrected chi connectivity index (χ4v) is 2.66. The molecule has 0 aliphatic carbocycles. The summed E-state index contributed by atoms with van der Waals surface area (Å²) in [6, 6.07) is 5.62. The highest BCUT2D eigenvalue weighted by atomic mass is 32.1. The molecule has 0 atom stereocenters. The van der Waals surface area contributed by atoms with Crippen LogP contribution in [0.15, 0.2) is 18.3 Å². The lowest BCUT2D eigenvalue weighted by atomic mass is 10.2. The number of nitriles is 1. The van der Waals surface area contributed by atoms with Gasteiger partial charge in [0, 0.05) is 12.6 Å². The summed E-state index contributed by atoms with van der Waals surface area (Å²) in [4.78, 5) is 4.24. The Morgan fingerprint density at radius 3 is 2.86 bits per heavy atom. The standard InChI is InChI=1S/C15H19N5S/c1-11(2)9-17-7-3-4-14-19-20-15(21-14)13-6-5-12(8-16)10-18-13/h5-6,10-11,17H,3-4,7,9H2,1-2H3. The average molecular weight is 301 g/mol. The molecule has 6 heteroatoms. The van der Waals surface area contributed by atoms with Crippen molar-refractivity contribution in [2.75, 3.05) is 13.1 Å². The van der Waals surface area contributed by atoms with Gasteiger partial charge >= 0.3 is 0 Å². The van der Waals surface area contributed by atoms with Gasteiger partial charge in [-0.15, -0.1) is 10.2 Å². The second kappa shape index (κ2) is 7.81. The van der Waals surface area contributed by atoms with E-state index in [4.69, 9.17) is 5.26 Å². The summed E-state index contributed by atoms with van der Waals surface area (Å²) in [5, 5.41) is 22.4. The number of hydrogen-bond donors (Lipinski definition) is 1. The fraction of sp³-hybridized carbons (Fsp3) is 0.467. The SMILES string of the molecule is CC(C)CNCCCc1nnc(-c2ccc(C#N)cn2)s1. The van der Waals surface area contributed by atoms with Crippen LogP contribution in [0.5, 0.6) is 0 Å². The predicted octanol–water partition coefficient (Wildman–Crippen LogP) is 2.65. The van der Waals surface area contributed by atoms with Crippen LogP contribution in [0.25, 0.3) is 10.7 Å². The minimum atomic E-state index is 0.555. The largest absolute Gasteiger partial charge is 0.316 e. The third-order valence-corrected chi connectivity index (χ3v) is 3.88. The van der Waals surface area contributed by atoms with Crippen LogP contribution in [0.2, 0.25) is 0 Å². The smallest absolute Gasteiger partial charge is 0.166 e. The van der Waals surface area contributed by atoms with Crippen molar-refractivity contribution < 1.29 is 0 Å². The minimum absolute atomic E-state index is 0.555. The van der Waals surface area contributed by atoms with E-state index >= 15 is 0 Å². The Hall–Kier alpha value is -1.84. The molecule has 0 spiro atoms. The van der Waals surface area contributed by atoms with Crippen molar-refractivity contribution in [1.29, 1.82) is 5.26 Å². The molecule has 0 unspecified atom stereocenters. The number of pyridine rings is 1. The quantitative estimate of drug-likeness (QED) is 0.796. The summed E-state index contributed by atoms with van der Waals surface area (Å²) in [5.41, 5.74) is 1.33. The Balaban J connectivity index is 1.85. The van der Waals surface area contributed by atoms with Gasteiger partial charge in [0.25, 0.3) is 0 Å². The maximum absolute atomic E-state index is 8.76. The van der Waals surface area contributed by atoms with E-state index in [-0.39, 0.29) is 0 Å². The monoisotopic (exact) mass is 301 g/mol. The van der Waals surface area contributed by atoms with Crippen LogP contribution in [0, 0.1) is 17.2 Å². The first-order valence-corrected chi connectivity index (χ1v) is 7.90. The number of rotatable bonds is 7. The summed E-state index contributed by atoms with van der Waals surface area (Å²) in [6.07, 6.45) is 3.55. The van der Waals surface area contributed by atoms with Crippen molar-refractivity contribution in [3.8, 4) is 16.8 Å². The second-order valence-electron chi connectivity index (χ2n) is 5.25. The summed E-state index contributed by atoms with van der Waals surface area (Å²) >= 11 is 1.57. The molecule has 0 amide bonds. The Bertz CT molecular complexity index is 597. The fourth-order valence-electron chi connectivity index (χ4n) is 1.80. The minimum Gasteiger partial charge on any atom is -0.316 e. The Labute approximate surface area is 129 Å². The van der Waals surface area contributed by atoms with Crippen molar-refractivity contribution in [2.24, 2.45) is 5.92 Å². The molecule has 2 heterocycles. The van der Waals surface area contributed by atoms with Gasteiger partial charge in [0.1, 0.15) is 16.8 Å². The zero-order chi connectivity index (χ0) is 15.1. The summed E-state index contributed by atoms with van der Waals surface area (Å²) in [7, 11) is 0. The van der Waals surface area contributed by atoms with E-state index in [1.807, 2.05) is 6.07 Å². The molecule has 5 nitrogen and oxygen atoms in total. The van der Waals surface area contributed by atoms with Gasteiger partial charge in [0.05, 0.1) is 5.56 Å². The molecule has 110 valence electrons. The Morgan fingerprint density at radius 2 is 2.19 bits per heavy atom. The lowest BCUT2D eigenvalue weighted by Gasteiger charge is -2.05. The maximum Gasteiger partial charge on any atom is 0.166 e. The molecule has 2 aromatic heterocycles. The van der Waals surface area contributed by atoms with Crippen molar-refractivity contribution in [3.63, 3.8) is 0 Å². The van der Waals surface area contributed by atoms with Crippen LogP contribution < -0.4 is 5.32 Å². The molecule has 0 aromatic carbocycles. The molecule has 2 aromatic rings. The number of aryl methyl sites for hydroxylation is 1. The van der Waals surface area contributed by atoms with Gasteiger partial charge < -0.3 is 5.32 Å². The molecule has 0 saturated heterocycles. The van der Waals surface area contributed by atoms with Crippen LogP contribution >= 0.6 is 11.3 Å². The third kappa shape index (κ3) is 4.88. The highest BCUT2D eigenvalue weighted by Crippen LogP contribution is 2.22. The van der Waals surface area contributed by atoms with Gasteiger partial charge in [0.2, 0.25) is 0 Å². The second-order valence-corrected chi connectivity index (χ2v) is 6.31. The molecule has 1 N–H and O–H groups in total. The molecule has 0 aliphatic rings. The topological polar surface area (TPSA) is 74.5 Å². The van der Waals surface area contributed by atoms with Crippen molar-refractivity contribution in [3.05, 3.63) is 28.9 Å². The zero-order valence-corrected chi connectivity index (χ0v) is 13.2. The van der Waals surface area contributed by atoms with Crippen LogP contribution in [0.3, 0.4) is 0 Å². The van der Waals surface area contributed by atoms with E-state index in [1.54, 1.807) is 23.6 Å².